The Labute approximate surface area is 121 Å². The molecular weight excluding hydrogens is 253 g/mol. The lowest BCUT2D eigenvalue weighted by molar-refractivity contribution is 0.274. The predicted molar refractivity (Wildman–Crippen MR) is 84.5 cm³/mol. The summed E-state index contributed by atoms with van der Waals surface area (Å²) in [6, 6.07) is 0. The van der Waals surface area contributed by atoms with Crippen LogP contribution in [0.4, 0.5) is 4.39 Å². The second kappa shape index (κ2) is 7.39. The molecule has 20 heavy (non-hydrogen) atoms. The number of rotatable bonds is 8. The number of amidine groups is 1. The Morgan fingerprint density at radius 1 is 1.55 bits per heavy atom. The molecule has 112 valence electrons. The molecule has 0 radical (unpaired) electrons. The molecule has 2 atom stereocenters. The largest absolute Gasteiger partial charge is 0.330 e. The number of halogens is 1. The van der Waals surface area contributed by atoms with Gasteiger partial charge in [-0.05, 0) is 32.0 Å². The fourth-order valence-electron chi connectivity index (χ4n) is 2.09. The zero-order chi connectivity index (χ0) is 15.2. The molecule has 0 aromatic heterocycles. The van der Waals surface area contributed by atoms with Gasteiger partial charge in [-0.3, -0.25) is 4.99 Å². The third-order valence-corrected chi connectivity index (χ3v) is 3.87. The monoisotopic (exact) mass is 279 g/mol. The van der Waals surface area contributed by atoms with Crippen LogP contribution in [0.15, 0.2) is 42.1 Å². The van der Waals surface area contributed by atoms with Gasteiger partial charge in [-0.25, -0.2) is 4.39 Å². The van der Waals surface area contributed by atoms with Gasteiger partial charge in [0, 0.05) is 25.6 Å². The summed E-state index contributed by atoms with van der Waals surface area (Å²) >= 11 is 0. The van der Waals surface area contributed by atoms with Crippen LogP contribution >= 0.6 is 0 Å². The molecule has 0 heterocycles. The SMILES string of the molecule is C=CC(=NCC1CC1(F)CC)N(C=C)C/C=C(\C)CN. The minimum Gasteiger partial charge on any atom is -0.330 e. The van der Waals surface area contributed by atoms with E-state index in [4.69, 9.17) is 5.73 Å². The van der Waals surface area contributed by atoms with E-state index >= 15 is 0 Å². The van der Waals surface area contributed by atoms with Crippen LogP contribution in [0.5, 0.6) is 0 Å². The van der Waals surface area contributed by atoms with E-state index in [2.05, 4.69) is 18.2 Å². The van der Waals surface area contributed by atoms with Crippen LogP contribution in [0.1, 0.15) is 26.7 Å². The maximum Gasteiger partial charge on any atom is 0.127 e. The van der Waals surface area contributed by atoms with Crippen molar-refractivity contribution >= 4 is 5.84 Å². The van der Waals surface area contributed by atoms with Gasteiger partial charge in [0.05, 0.1) is 0 Å². The summed E-state index contributed by atoms with van der Waals surface area (Å²) in [6.45, 7) is 13.1. The molecule has 2 N–H and O–H groups in total. The van der Waals surface area contributed by atoms with Crippen molar-refractivity contribution in [2.75, 3.05) is 19.6 Å². The molecule has 0 amide bonds. The van der Waals surface area contributed by atoms with Gasteiger partial charge < -0.3 is 10.6 Å². The lowest BCUT2D eigenvalue weighted by Gasteiger charge is -2.18. The fourth-order valence-corrected chi connectivity index (χ4v) is 2.09. The fraction of sp³-hybridized carbons (Fsp3) is 0.562. The minimum absolute atomic E-state index is 0.0513. The molecule has 0 aromatic rings. The molecule has 1 aliphatic carbocycles. The highest BCUT2D eigenvalue weighted by molar-refractivity contribution is 5.93. The van der Waals surface area contributed by atoms with Crippen molar-refractivity contribution in [2.24, 2.45) is 16.6 Å². The molecule has 0 bridgehead atoms. The quantitative estimate of drug-likeness (QED) is 0.421. The lowest BCUT2D eigenvalue weighted by Crippen LogP contribution is -2.25. The molecule has 0 saturated heterocycles. The molecule has 0 spiro atoms. The van der Waals surface area contributed by atoms with Gasteiger partial charge in [0.2, 0.25) is 0 Å². The average Bonchev–Trinajstić information content (AvgIpc) is 3.13. The first-order chi connectivity index (χ1) is 9.50. The number of hydrogen-bond acceptors (Lipinski definition) is 2. The van der Waals surface area contributed by atoms with E-state index in [0.717, 1.165) is 11.4 Å². The van der Waals surface area contributed by atoms with Crippen LogP contribution < -0.4 is 5.73 Å². The normalized spacial score (nSPS) is 26.3. The maximum atomic E-state index is 13.9. The van der Waals surface area contributed by atoms with Crippen LogP contribution in [0, 0.1) is 5.92 Å². The highest BCUT2D eigenvalue weighted by Gasteiger charge is 2.53. The Kier molecular flexibility index (Phi) is 6.14. The number of aliphatic imine (C=N–C) groups is 1. The van der Waals surface area contributed by atoms with Crippen molar-refractivity contribution < 1.29 is 4.39 Å². The summed E-state index contributed by atoms with van der Waals surface area (Å²) in [5, 5.41) is 0. The summed E-state index contributed by atoms with van der Waals surface area (Å²) in [5.41, 5.74) is 5.67. The molecule has 0 aromatic carbocycles. The first-order valence-corrected chi connectivity index (χ1v) is 7.11. The summed E-state index contributed by atoms with van der Waals surface area (Å²) in [6.07, 6.45) is 6.61. The first-order valence-electron chi connectivity index (χ1n) is 7.11. The first kappa shape index (κ1) is 16.6. The molecule has 0 aliphatic heterocycles. The van der Waals surface area contributed by atoms with Crippen LogP contribution in [0.25, 0.3) is 0 Å². The van der Waals surface area contributed by atoms with Gasteiger partial charge in [0.15, 0.2) is 0 Å². The summed E-state index contributed by atoms with van der Waals surface area (Å²) in [7, 11) is 0. The highest BCUT2D eigenvalue weighted by Crippen LogP contribution is 2.49. The summed E-state index contributed by atoms with van der Waals surface area (Å²) < 4.78 is 13.9. The summed E-state index contributed by atoms with van der Waals surface area (Å²) in [5.74, 6) is 0.779. The standard InChI is InChI=1S/C16H26FN3/c1-5-15(19-12-14-10-16(14,17)6-2)20(7-3)9-8-13(4)11-18/h5,7-8,14H,1,3,6,9-12,18H2,2,4H3/b13-8+,19-15?. The van der Waals surface area contributed by atoms with Gasteiger partial charge in [-0.15, -0.1) is 0 Å². The number of hydrogen-bond donors (Lipinski definition) is 1. The zero-order valence-corrected chi connectivity index (χ0v) is 12.6. The lowest BCUT2D eigenvalue weighted by atomic mass is 10.2. The number of nitrogens with zero attached hydrogens (tertiary/aromatic N) is 2. The van der Waals surface area contributed by atoms with Crippen molar-refractivity contribution in [1.29, 1.82) is 0 Å². The Balaban J connectivity index is 2.63. The van der Waals surface area contributed by atoms with Gasteiger partial charge >= 0.3 is 0 Å². The van der Waals surface area contributed by atoms with Crippen LogP contribution in [0.2, 0.25) is 0 Å². The topological polar surface area (TPSA) is 41.6 Å². The minimum atomic E-state index is -0.995. The maximum absolute atomic E-state index is 13.9. The zero-order valence-electron chi connectivity index (χ0n) is 12.6. The molecule has 2 unspecified atom stereocenters. The van der Waals surface area contributed by atoms with E-state index in [1.54, 1.807) is 12.3 Å². The predicted octanol–water partition coefficient (Wildman–Crippen LogP) is 3.06. The average molecular weight is 279 g/mol. The highest BCUT2D eigenvalue weighted by atomic mass is 19.1. The molecule has 1 rings (SSSR count). The molecule has 1 fully saturated rings. The van der Waals surface area contributed by atoms with Gasteiger partial charge in [0.1, 0.15) is 11.5 Å². The smallest absolute Gasteiger partial charge is 0.127 e. The summed E-state index contributed by atoms with van der Waals surface area (Å²) in [4.78, 5) is 6.36. The van der Waals surface area contributed by atoms with Crippen molar-refractivity contribution in [2.45, 2.75) is 32.4 Å². The molecule has 1 saturated carbocycles. The molecule has 4 heteroatoms. The third-order valence-electron chi connectivity index (χ3n) is 3.87. The van der Waals surface area contributed by atoms with E-state index in [1.807, 2.05) is 24.8 Å². The second-order valence-corrected chi connectivity index (χ2v) is 5.28. The van der Waals surface area contributed by atoms with E-state index in [0.29, 0.717) is 32.5 Å². The number of alkyl halides is 1. The third kappa shape index (κ3) is 4.30. The Hall–Kier alpha value is -1.42. The van der Waals surface area contributed by atoms with Gasteiger partial charge in [-0.1, -0.05) is 31.7 Å². The van der Waals surface area contributed by atoms with E-state index in [1.165, 1.54) is 0 Å². The van der Waals surface area contributed by atoms with Crippen LogP contribution in [0.3, 0.4) is 0 Å². The van der Waals surface area contributed by atoms with Crippen molar-refractivity contribution in [3.63, 3.8) is 0 Å². The van der Waals surface area contributed by atoms with Crippen LogP contribution in [-0.2, 0) is 0 Å². The number of nitrogens with two attached hydrogens (primary N) is 1. The van der Waals surface area contributed by atoms with Gasteiger partial charge in [-0.2, -0.15) is 0 Å². The molecule has 1 aliphatic rings. The Bertz CT molecular complexity index is 414. The van der Waals surface area contributed by atoms with E-state index in [-0.39, 0.29) is 5.92 Å². The molecule has 3 nitrogen and oxygen atoms in total. The van der Waals surface area contributed by atoms with E-state index in [9.17, 15) is 4.39 Å². The Morgan fingerprint density at radius 2 is 2.25 bits per heavy atom. The Morgan fingerprint density at radius 3 is 2.70 bits per heavy atom. The second-order valence-electron chi connectivity index (χ2n) is 5.28. The van der Waals surface area contributed by atoms with Gasteiger partial charge in [0.25, 0.3) is 0 Å². The van der Waals surface area contributed by atoms with Crippen molar-refractivity contribution in [3.8, 4) is 0 Å². The van der Waals surface area contributed by atoms with Crippen LogP contribution in [-0.4, -0.2) is 36.0 Å². The van der Waals surface area contributed by atoms with Crippen molar-refractivity contribution in [1.82, 2.24) is 4.90 Å². The van der Waals surface area contributed by atoms with Crippen molar-refractivity contribution in [3.05, 3.63) is 37.1 Å². The molecular formula is C16H26FN3. The van der Waals surface area contributed by atoms with E-state index < -0.39 is 5.67 Å².